The van der Waals surface area contributed by atoms with Gasteiger partial charge in [0, 0.05) is 38.5 Å². The van der Waals surface area contributed by atoms with Crippen molar-refractivity contribution in [3.05, 3.63) is 130 Å². The van der Waals surface area contributed by atoms with Crippen molar-refractivity contribution in [1.29, 1.82) is 0 Å². The zero-order chi connectivity index (χ0) is 40.3. The number of nitrogens with two attached hydrogens (primary N) is 1. The van der Waals surface area contributed by atoms with Gasteiger partial charge < -0.3 is 30.8 Å². The summed E-state index contributed by atoms with van der Waals surface area (Å²) in [4.78, 5) is 42.9. The molecule has 292 valence electrons. The summed E-state index contributed by atoms with van der Waals surface area (Å²) in [6.07, 6.45) is 9.10. The number of benzene rings is 3. The maximum Gasteiger partial charge on any atom is 0.336 e. The topological polar surface area (TPSA) is 162 Å². The molecule has 0 saturated heterocycles. The number of ether oxygens (including phenoxy) is 1. The Kier molecular flexibility index (Phi) is 11.4. The minimum absolute atomic E-state index is 0.00302. The van der Waals surface area contributed by atoms with E-state index in [1.807, 2.05) is 36.4 Å². The maximum atomic E-state index is 12.9. The number of imidazole rings is 1. The number of nitrogen functional groups attached to an aromatic ring is 1. The number of aromatic carboxylic acids is 1. The van der Waals surface area contributed by atoms with Crippen molar-refractivity contribution in [2.75, 3.05) is 50.3 Å². The number of nitrogens with one attached hydrogen (secondary N) is 2. The van der Waals surface area contributed by atoms with Crippen LogP contribution in [0.4, 0.5) is 11.6 Å². The number of allylic oxidation sites excluding steroid dienone is 5. The molecule has 1 amide bonds. The second-order valence-corrected chi connectivity index (χ2v) is 20.2. The van der Waals surface area contributed by atoms with Crippen molar-refractivity contribution in [2.45, 2.75) is 32.2 Å². The number of nitrogens with zero attached hydrogens (tertiary/aromatic N) is 5. The summed E-state index contributed by atoms with van der Waals surface area (Å²) in [7, 11) is 5.82. The lowest BCUT2D eigenvalue weighted by Gasteiger charge is -2.40. The van der Waals surface area contributed by atoms with Crippen LogP contribution in [0.1, 0.15) is 39.0 Å². The molecular weight excluding hydrogens is 753 g/mol. The Balaban J connectivity index is 1.01. The van der Waals surface area contributed by atoms with Gasteiger partial charge in [-0.1, -0.05) is 55.1 Å². The number of carbonyl (C=O) groups is 2. The minimum atomic E-state index is -2.39. The summed E-state index contributed by atoms with van der Waals surface area (Å²) in [5.74, 6) is 0.718. The van der Waals surface area contributed by atoms with Crippen LogP contribution in [-0.4, -0.2) is 95.0 Å². The molecule has 12 nitrogen and oxygen atoms in total. The highest BCUT2D eigenvalue weighted by molar-refractivity contribution is 7.99. The number of aromatic nitrogens is 4. The molecule has 1 atom stereocenters. The molecule has 57 heavy (non-hydrogen) atoms. The van der Waals surface area contributed by atoms with Crippen molar-refractivity contribution < 1.29 is 24.0 Å². The van der Waals surface area contributed by atoms with Gasteiger partial charge in [0.05, 0.1) is 17.6 Å². The Bertz CT molecular complexity index is 2490. The molecule has 3 aromatic carbocycles. The molecular formula is C43H47N8O4SSi+. The molecule has 1 aliphatic carbocycles. The third-order valence-corrected chi connectivity index (χ3v) is 16.2. The van der Waals surface area contributed by atoms with Crippen LogP contribution in [0, 0.1) is 0 Å². The lowest BCUT2D eigenvalue weighted by Crippen LogP contribution is -2.52. The minimum Gasteiger partial charge on any atom is -0.478 e. The number of H-pyrrole nitrogens is 1. The van der Waals surface area contributed by atoms with E-state index in [1.165, 1.54) is 16.7 Å². The molecule has 0 spiro atoms. The highest BCUT2D eigenvalue weighted by Crippen LogP contribution is 2.44. The number of carboxylic acid groups (broad SMARTS) is 1. The molecule has 1 aliphatic heterocycles. The molecule has 0 unspecified atom stereocenters. The second-order valence-electron chi connectivity index (χ2n) is 14.8. The van der Waals surface area contributed by atoms with Gasteiger partial charge in [-0.15, -0.1) is 0 Å². The molecule has 2 aromatic heterocycles. The average molecular weight is 800 g/mol. The number of anilines is 2. The normalized spacial score (nSPS) is 15.9. The molecule has 0 fully saturated rings. The van der Waals surface area contributed by atoms with Crippen LogP contribution in [0.15, 0.2) is 102 Å². The summed E-state index contributed by atoms with van der Waals surface area (Å²) in [6.45, 7) is 3.17. The smallest absolute Gasteiger partial charge is 0.336 e. The van der Waals surface area contributed by atoms with Crippen LogP contribution >= 0.6 is 11.8 Å². The van der Waals surface area contributed by atoms with E-state index >= 15 is 0 Å². The second kappa shape index (κ2) is 16.6. The molecule has 3 heterocycles. The Morgan fingerprint density at radius 2 is 1.79 bits per heavy atom. The maximum absolute atomic E-state index is 12.9. The van der Waals surface area contributed by atoms with Gasteiger partial charge in [-0.25, -0.2) is 14.4 Å². The average Bonchev–Trinajstić information content (AvgIpc) is 3.68. The molecule has 0 bridgehead atoms. The van der Waals surface area contributed by atoms with E-state index in [4.69, 9.17) is 10.5 Å². The molecule has 2 aliphatic rings. The molecule has 0 radical (unpaired) electrons. The summed E-state index contributed by atoms with van der Waals surface area (Å²) in [5.41, 5.74) is 15.2. The Morgan fingerprint density at radius 1 is 1.02 bits per heavy atom. The number of amides is 1. The lowest BCUT2D eigenvalue weighted by molar-refractivity contribution is -0.462. The molecule has 7 rings (SSSR count). The SMILES string of the molecule is CN(C)c1ccc2c(c1)[Si@@](C)(CCCSCC(=O)NCc1ccc(COc3nc(N)nc4nc[nH]c34)cc1)C1=CC(=[N+](C)C)C=CC1=C2c1ccccc1C(=O)O. The zero-order valence-corrected chi connectivity index (χ0v) is 34.6. The van der Waals surface area contributed by atoms with Crippen LogP contribution in [0.25, 0.3) is 16.7 Å². The van der Waals surface area contributed by atoms with Crippen molar-refractivity contribution >= 4 is 71.0 Å². The van der Waals surface area contributed by atoms with Crippen LogP contribution in [0.2, 0.25) is 12.6 Å². The fourth-order valence-corrected chi connectivity index (χ4v) is 12.8. The van der Waals surface area contributed by atoms with Gasteiger partial charge in [-0.3, -0.25) is 4.79 Å². The quantitative estimate of drug-likeness (QED) is 0.0635. The number of fused-ring (bicyclic) bond motifs is 3. The highest BCUT2D eigenvalue weighted by atomic mass is 32.2. The summed E-state index contributed by atoms with van der Waals surface area (Å²) in [5, 5.41) is 15.9. The number of thioether (sulfide) groups is 1. The predicted molar refractivity (Wildman–Crippen MR) is 231 cm³/mol. The van der Waals surface area contributed by atoms with Crippen molar-refractivity contribution in [3.8, 4) is 5.88 Å². The number of carboxylic acids is 1. The number of rotatable bonds is 14. The number of carbonyl (C=O) groups excluding carboxylic acids is 1. The first kappa shape index (κ1) is 39.2. The molecule has 14 heteroatoms. The fourth-order valence-electron chi connectivity index (χ4n) is 7.48. The van der Waals surface area contributed by atoms with E-state index in [0.717, 1.165) is 63.0 Å². The first-order valence-corrected chi connectivity index (χ1v) is 22.6. The van der Waals surface area contributed by atoms with E-state index in [2.05, 4.69) is 106 Å². The monoisotopic (exact) mass is 799 g/mol. The van der Waals surface area contributed by atoms with Crippen molar-refractivity contribution in [2.24, 2.45) is 0 Å². The summed E-state index contributed by atoms with van der Waals surface area (Å²) in [6, 6.07) is 22.8. The largest absolute Gasteiger partial charge is 0.478 e. The number of hydrogen-bond acceptors (Lipinski definition) is 9. The number of hydrogen-bond donors (Lipinski definition) is 4. The van der Waals surface area contributed by atoms with Gasteiger partial charge in [-0.2, -0.15) is 21.7 Å². The van der Waals surface area contributed by atoms with E-state index in [-0.39, 0.29) is 11.9 Å². The standard InChI is InChI=1S/C43H46N8O4SSi/c1-50(2)29-15-17-33-35(21-29)57(5,36-22-30(51(3)4)16-18-34(36)38(33)31-9-6-7-10-32(31)42(53)54)20-8-19-56-25-37(52)45-23-27-11-13-28(14-12-27)24-55-41-39-40(47-26-46-39)48-43(44)49-41/h6-7,9-18,21-22,26H,8,19-20,23-25H2,1-5H3,(H4-,44,45,46,47,48,49,52,53,54)/p+1. The molecule has 5 N–H and O–H groups in total. The van der Waals surface area contributed by atoms with Gasteiger partial charge in [0.2, 0.25) is 17.7 Å². The van der Waals surface area contributed by atoms with Crippen LogP contribution < -0.4 is 25.9 Å². The van der Waals surface area contributed by atoms with Gasteiger partial charge in [-0.05, 0) is 86.3 Å². The molecule has 5 aromatic rings. The third kappa shape index (κ3) is 8.28. The van der Waals surface area contributed by atoms with Gasteiger partial charge in [0.1, 0.15) is 34.3 Å². The first-order chi connectivity index (χ1) is 27.4. The lowest BCUT2D eigenvalue weighted by atomic mass is 9.87. The molecule has 0 saturated carbocycles. The predicted octanol–water partition coefficient (Wildman–Crippen LogP) is 5.57. The van der Waals surface area contributed by atoms with Crippen LogP contribution in [-0.2, 0) is 17.9 Å². The Labute approximate surface area is 337 Å². The zero-order valence-electron chi connectivity index (χ0n) is 32.8. The van der Waals surface area contributed by atoms with Crippen LogP contribution in [0.5, 0.6) is 5.88 Å². The van der Waals surface area contributed by atoms with Gasteiger partial charge in [0.15, 0.2) is 11.4 Å². The van der Waals surface area contributed by atoms with E-state index in [9.17, 15) is 14.7 Å². The van der Waals surface area contributed by atoms with Crippen molar-refractivity contribution in [3.63, 3.8) is 0 Å². The van der Waals surface area contributed by atoms with Crippen molar-refractivity contribution in [1.82, 2.24) is 25.3 Å². The fraction of sp³-hybridized carbons (Fsp3) is 0.256. The van der Waals surface area contributed by atoms with E-state index in [1.54, 1.807) is 23.9 Å². The number of aromatic amines is 1. The van der Waals surface area contributed by atoms with E-state index in [0.29, 0.717) is 41.5 Å². The van der Waals surface area contributed by atoms with Gasteiger partial charge >= 0.3 is 5.97 Å². The van der Waals surface area contributed by atoms with Gasteiger partial charge in [0.25, 0.3) is 0 Å². The third-order valence-electron chi connectivity index (χ3n) is 10.6. The van der Waals surface area contributed by atoms with Crippen LogP contribution in [0.3, 0.4) is 0 Å². The highest BCUT2D eigenvalue weighted by Gasteiger charge is 2.44. The Morgan fingerprint density at radius 3 is 2.54 bits per heavy atom. The summed E-state index contributed by atoms with van der Waals surface area (Å²) < 4.78 is 8.02. The first-order valence-electron chi connectivity index (χ1n) is 18.8. The van der Waals surface area contributed by atoms with E-state index < -0.39 is 14.0 Å². The Hall–Kier alpha value is -5.99. The summed E-state index contributed by atoms with van der Waals surface area (Å²) >= 11 is 1.65.